The van der Waals surface area contributed by atoms with Gasteiger partial charge in [-0.15, -0.1) is 11.3 Å². The quantitative estimate of drug-likeness (QED) is 0.898. The van der Waals surface area contributed by atoms with Gasteiger partial charge in [0, 0.05) is 16.7 Å². The molecule has 1 saturated heterocycles. The SMILES string of the molecule is CC1SCCCC1(C#N)NCc1cccs1. The highest BCUT2D eigenvalue weighted by Gasteiger charge is 2.38. The summed E-state index contributed by atoms with van der Waals surface area (Å²) in [5.41, 5.74) is -0.326. The average molecular weight is 252 g/mol. The Labute approximate surface area is 105 Å². The largest absolute Gasteiger partial charge is 0.294 e. The third-order valence-electron chi connectivity index (χ3n) is 3.13. The van der Waals surface area contributed by atoms with Gasteiger partial charge in [-0.1, -0.05) is 13.0 Å². The summed E-state index contributed by atoms with van der Waals surface area (Å²) >= 11 is 3.65. The van der Waals surface area contributed by atoms with Crippen LogP contribution in [0.5, 0.6) is 0 Å². The summed E-state index contributed by atoms with van der Waals surface area (Å²) in [5.74, 6) is 1.19. The summed E-state index contributed by atoms with van der Waals surface area (Å²) in [4.78, 5) is 1.30. The van der Waals surface area contributed by atoms with E-state index in [-0.39, 0.29) is 5.54 Å². The van der Waals surface area contributed by atoms with Gasteiger partial charge in [-0.25, -0.2) is 0 Å². The van der Waals surface area contributed by atoms with Gasteiger partial charge in [-0.05, 0) is 30.0 Å². The fourth-order valence-corrected chi connectivity index (χ4v) is 3.88. The van der Waals surface area contributed by atoms with E-state index in [1.54, 1.807) is 11.3 Å². The lowest BCUT2D eigenvalue weighted by atomic mass is 9.91. The summed E-state index contributed by atoms with van der Waals surface area (Å²) in [6, 6.07) is 6.67. The van der Waals surface area contributed by atoms with Gasteiger partial charge < -0.3 is 0 Å². The van der Waals surface area contributed by atoms with Crippen LogP contribution in [0.4, 0.5) is 0 Å². The van der Waals surface area contributed by atoms with Gasteiger partial charge in [0.05, 0.1) is 6.07 Å². The molecule has 0 radical (unpaired) electrons. The number of nitriles is 1. The first kappa shape index (κ1) is 12.0. The molecular weight excluding hydrogens is 236 g/mol. The normalized spacial score (nSPS) is 29.9. The highest BCUT2D eigenvalue weighted by molar-refractivity contribution is 8.00. The molecule has 0 saturated carbocycles. The number of thioether (sulfide) groups is 1. The summed E-state index contributed by atoms with van der Waals surface area (Å²) in [6.07, 6.45) is 2.11. The molecule has 16 heavy (non-hydrogen) atoms. The van der Waals surface area contributed by atoms with E-state index in [2.05, 4.69) is 35.8 Å². The van der Waals surface area contributed by atoms with Gasteiger partial charge in [0.2, 0.25) is 0 Å². The van der Waals surface area contributed by atoms with E-state index in [0.29, 0.717) is 5.25 Å². The van der Waals surface area contributed by atoms with Crippen LogP contribution in [-0.2, 0) is 6.54 Å². The number of hydrogen-bond acceptors (Lipinski definition) is 4. The molecule has 1 fully saturated rings. The van der Waals surface area contributed by atoms with E-state index in [0.717, 1.165) is 19.4 Å². The molecule has 0 aliphatic carbocycles. The number of rotatable bonds is 3. The minimum absolute atomic E-state index is 0.326. The molecule has 1 aromatic heterocycles. The van der Waals surface area contributed by atoms with Crippen molar-refractivity contribution in [2.45, 2.75) is 37.1 Å². The minimum Gasteiger partial charge on any atom is -0.294 e. The summed E-state index contributed by atoms with van der Waals surface area (Å²) in [5, 5.41) is 15.3. The Morgan fingerprint density at radius 2 is 2.56 bits per heavy atom. The summed E-state index contributed by atoms with van der Waals surface area (Å²) in [6.45, 7) is 2.98. The van der Waals surface area contributed by atoms with Crippen molar-refractivity contribution in [2.24, 2.45) is 0 Å². The topological polar surface area (TPSA) is 35.8 Å². The second kappa shape index (κ2) is 5.22. The van der Waals surface area contributed by atoms with E-state index < -0.39 is 0 Å². The number of nitrogens with zero attached hydrogens (tertiary/aromatic N) is 1. The third kappa shape index (κ3) is 2.42. The van der Waals surface area contributed by atoms with Crippen molar-refractivity contribution in [3.8, 4) is 6.07 Å². The van der Waals surface area contributed by atoms with Crippen molar-refractivity contribution in [1.29, 1.82) is 5.26 Å². The monoisotopic (exact) mass is 252 g/mol. The molecule has 1 aliphatic rings. The molecule has 86 valence electrons. The van der Waals surface area contributed by atoms with Crippen LogP contribution in [0, 0.1) is 11.3 Å². The van der Waals surface area contributed by atoms with Crippen molar-refractivity contribution >= 4 is 23.1 Å². The Morgan fingerprint density at radius 1 is 1.69 bits per heavy atom. The summed E-state index contributed by atoms with van der Waals surface area (Å²) < 4.78 is 0. The van der Waals surface area contributed by atoms with E-state index in [9.17, 15) is 5.26 Å². The van der Waals surface area contributed by atoms with Crippen molar-refractivity contribution in [3.05, 3.63) is 22.4 Å². The Balaban J connectivity index is 2.01. The fourth-order valence-electron chi connectivity index (χ4n) is 2.03. The lowest BCUT2D eigenvalue weighted by molar-refractivity contribution is 0.370. The van der Waals surface area contributed by atoms with Gasteiger partial charge in [0.1, 0.15) is 5.54 Å². The van der Waals surface area contributed by atoms with E-state index in [1.807, 2.05) is 11.8 Å². The second-order valence-electron chi connectivity index (χ2n) is 4.13. The molecule has 2 unspecified atom stereocenters. The predicted molar refractivity (Wildman–Crippen MR) is 70.7 cm³/mol. The van der Waals surface area contributed by atoms with Gasteiger partial charge in [0.25, 0.3) is 0 Å². The van der Waals surface area contributed by atoms with Crippen molar-refractivity contribution < 1.29 is 0 Å². The molecule has 2 nitrogen and oxygen atoms in total. The zero-order valence-electron chi connectivity index (χ0n) is 9.40. The first-order chi connectivity index (χ1) is 7.77. The van der Waals surface area contributed by atoms with Gasteiger partial charge >= 0.3 is 0 Å². The first-order valence-electron chi connectivity index (χ1n) is 5.57. The molecule has 2 atom stereocenters. The average Bonchev–Trinajstić information content (AvgIpc) is 2.82. The molecule has 4 heteroatoms. The lowest BCUT2D eigenvalue weighted by Gasteiger charge is -2.37. The van der Waals surface area contributed by atoms with Gasteiger partial charge in [-0.2, -0.15) is 17.0 Å². The maximum absolute atomic E-state index is 9.42. The lowest BCUT2D eigenvalue weighted by Crippen LogP contribution is -2.52. The van der Waals surface area contributed by atoms with Crippen molar-refractivity contribution in [1.82, 2.24) is 5.32 Å². The zero-order valence-corrected chi connectivity index (χ0v) is 11.0. The number of hydrogen-bond donors (Lipinski definition) is 1. The number of nitrogens with one attached hydrogen (secondary N) is 1. The Hall–Kier alpha value is -0.500. The molecule has 0 aromatic carbocycles. The maximum atomic E-state index is 9.42. The molecule has 1 aromatic rings. The van der Waals surface area contributed by atoms with Crippen molar-refractivity contribution in [3.63, 3.8) is 0 Å². The van der Waals surface area contributed by atoms with Crippen LogP contribution >= 0.6 is 23.1 Å². The Bertz CT molecular complexity index is 369. The van der Waals surface area contributed by atoms with Gasteiger partial charge in [-0.3, -0.25) is 5.32 Å². The highest BCUT2D eigenvalue weighted by atomic mass is 32.2. The first-order valence-corrected chi connectivity index (χ1v) is 7.50. The van der Waals surface area contributed by atoms with Crippen LogP contribution in [0.15, 0.2) is 17.5 Å². The molecule has 0 bridgehead atoms. The molecule has 1 N–H and O–H groups in total. The Morgan fingerprint density at radius 3 is 3.19 bits per heavy atom. The molecule has 0 spiro atoms. The van der Waals surface area contributed by atoms with E-state index >= 15 is 0 Å². The number of thiophene rings is 1. The maximum Gasteiger partial charge on any atom is 0.118 e. The van der Waals surface area contributed by atoms with Crippen LogP contribution < -0.4 is 5.32 Å². The second-order valence-corrected chi connectivity index (χ2v) is 6.61. The predicted octanol–water partition coefficient (Wildman–Crippen LogP) is 3.02. The van der Waals surface area contributed by atoms with Crippen LogP contribution in [0.3, 0.4) is 0 Å². The van der Waals surface area contributed by atoms with E-state index in [1.165, 1.54) is 10.6 Å². The molecule has 1 aliphatic heterocycles. The van der Waals surface area contributed by atoms with Gasteiger partial charge in [0.15, 0.2) is 0 Å². The van der Waals surface area contributed by atoms with E-state index in [4.69, 9.17) is 0 Å². The molecule has 0 amide bonds. The smallest absolute Gasteiger partial charge is 0.118 e. The zero-order chi connectivity index (χ0) is 11.4. The molecule has 2 heterocycles. The Kier molecular flexibility index (Phi) is 3.91. The third-order valence-corrected chi connectivity index (χ3v) is 5.44. The molecule has 2 rings (SSSR count). The van der Waals surface area contributed by atoms with Crippen molar-refractivity contribution in [2.75, 3.05) is 5.75 Å². The minimum atomic E-state index is -0.326. The van der Waals surface area contributed by atoms with Crippen LogP contribution in [0.1, 0.15) is 24.6 Å². The summed E-state index contributed by atoms with van der Waals surface area (Å²) in [7, 11) is 0. The van der Waals surface area contributed by atoms with Crippen LogP contribution in [-0.4, -0.2) is 16.5 Å². The highest BCUT2D eigenvalue weighted by Crippen LogP contribution is 2.33. The van der Waals surface area contributed by atoms with Crippen LogP contribution in [0.2, 0.25) is 0 Å². The standard InChI is InChI=1S/C12H16N2S2/c1-10-12(9-13,5-3-7-15-10)14-8-11-4-2-6-16-11/h2,4,6,10,14H,3,5,7-8H2,1H3. The molecular formula is C12H16N2S2. The fraction of sp³-hybridized carbons (Fsp3) is 0.583. The van der Waals surface area contributed by atoms with Crippen LogP contribution in [0.25, 0.3) is 0 Å².